The molecular formula is C13H21NO3. The molecule has 0 atom stereocenters. The highest BCUT2D eigenvalue weighted by molar-refractivity contribution is 5.68. The van der Waals surface area contributed by atoms with E-state index in [-0.39, 0.29) is 6.04 Å². The van der Waals surface area contributed by atoms with Gasteiger partial charge in [-0.25, -0.2) is 4.79 Å². The van der Waals surface area contributed by atoms with Crippen molar-refractivity contribution in [1.82, 2.24) is 5.32 Å². The molecule has 0 spiro atoms. The number of carbonyl (C=O) groups is 1. The Morgan fingerprint density at radius 2 is 2.00 bits per heavy atom. The number of hydrogen-bond acceptors (Lipinski definition) is 3. The summed E-state index contributed by atoms with van der Waals surface area (Å²) in [6.45, 7) is 5.47. The number of amides is 1. The van der Waals surface area contributed by atoms with Gasteiger partial charge >= 0.3 is 6.09 Å². The van der Waals surface area contributed by atoms with Crippen LogP contribution >= 0.6 is 0 Å². The number of alkyl carbamates (subject to hydrolysis) is 1. The molecule has 1 aliphatic carbocycles. The monoisotopic (exact) mass is 239 g/mol. The highest BCUT2D eigenvalue weighted by Crippen LogP contribution is 2.27. The van der Waals surface area contributed by atoms with Gasteiger partial charge in [0.1, 0.15) is 11.2 Å². The number of rotatable bonds is 1. The second-order valence-corrected chi connectivity index (χ2v) is 5.60. The van der Waals surface area contributed by atoms with Gasteiger partial charge in [-0.15, -0.1) is 6.42 Å². The average molecular weight is 239 g/mol. The summed E-state index contributed by atoms with van der Waals surface area (Å²) >= 11 is 0. The van der Waals surface area contributed by atoms with Gasteiger partial charge in [0.15, 0.2) is 0 Å². The molecule has 0 unspecified atom stereocenters. The Morgan fingerprint density at radius 1 is 1.47 bits per heavy atom. The lowest BCUT2D eigenvalue weighted by Gasteiger charge is -2.32. The van der Waals surface area contributed by atoms with E-state index in [1.54, 1.807) is 0 Å². The molecule has 0 heterocycles. The van der Waals surface area contributed by atoms with Crippen LogP contribution in [-0.4, -0.2) is 28.4 Å². The number of aliphatic hydroxyl groups is 1. The van der Waals surface area contributed by atoms with Crippen molar-refractivity contribution in [2.45, 2.75) is 63.7 Å². The Morgan fingerprint density at radius 3 is 2.41 bits per heavy atom. The fourth-order valence-corrected chi connectivity index (χ4v) is 1.86. The minimum Gasteiger partial charge on any atom is -0.444 e. The van der Waals surface area contributed by atoms with Crippen molar-refractivity contribution in [3.63, 3.8) is 0 Å². The minimum absolute atomic E-state index is 0.0403. The lowest BCUT2D eigenvalue weighted by molar-refractivity contribution is 0.0343. The van der Waals surface area contributed by atoms with Gasteiger partial charge < -0.3 is 15.2 Å². The predicted molar refractivity (Wildman–Crippen MR) is 65.4 cm³/mol. The first-order valence-corrected chi connectivity index (χ1v) is 5.94. The van der Waals surface area contributed by atoms with E-state index in [1.807, 2.05) is 20.8 Å². The third-order valence-corrected chi connectivity index (χ3v) is 2.80. The molecule has 0 aromatic heterocycles. The van der Waals surface area contributed by atoms with Gasteiger partial charge in [0.25, 0.3) is 0 Å². The molecule has 1 rings (SSSR count). The zero-order valence-corrected chi connectivity index (χ0v) is 10.7. The van der Waals surface area contributed by atoms with Crippen LogP contribution in [0, 0.1) is 12.3 Å². The van der Waals surface area contributed by atoms with Crippen molar-refractivity contribution in [2.24, 2.45) is 0 Å². The zero-order valence-electron chi connectivity index (χ0n) is 10.7. The molecule has 0 aromatic rings. The van der Waals surface area contributed by atoms with Gasteiger partial charge in [-0.3, -0.25) is 0 Å². The first-order chi connectivity index (χ1) is 7.74. The first-order valence-electron chi connectivity index (χ1n) is 5.94. The molecule has 0 aromatic carbocycles. The van der Waals surface area contributed by atoms with Crippen molar-refractivity contribution in [1.29, 1.82) is 0 Å². The van der Waals surface area contributed by atoms with Crippen LogP contribution in [0.1, 0.15) is 46.5 Å². The van der Waals surface area contributed by atoms with E-state index in [1.165, 1.54) is 0 Å². The summed E-state index contributed by atoms with van der Waals surface area (Å²) < 4.78 is 5.17. The van der Waals surface area contributed by atoms with E-state index in [2.05, 4.69) is 11.2 Å². The molecule has 0 bridgehead atoms. The topological polar surface area (TPSA) is 58.6 Å². The molecule has 0 radical (unpaired) electrons. The van der Waals surface area contributed by atoms with Crippen LogP contribution in [0.3, 0.4) is 0 Å². The van der Waals surface area contributed by atoms with Crippen LogP contribution in [0.15, 0.2) is 0 Å². The van der Waals surface area contributed by atoms with E-state index in [0.717, 1.165) is 0 Å². The summed E-state index contributed by atoms with van der Waals surface area (Å²) in [4.78, 5) is 11.5. The Kier molecular flexibility index (Phi) is 4.05. The largest absolute Gasteiger partial charge is 0.444 e. The van der Waals surface area contributed by atoms with Gasteiger partial charge in [0.05, 0.1) is 0 Å². The quantitative estimate of drug-likeness (QED) is 0.686. The molecule has 1 saturated carbocycles. The Balaban J connectivity index is 2.37. The summed E-state index contributed by atoms with van der Waals surface area (Å²) in [6.07, 6.45) is 7.24. The van der Waals surface area contributed by atoms with E-state index >= 15 is 0 Å². The van der Waals surface area contributed by atoms with Crippen LogP contribution in [0.5, 0.6) is 0 Å². The fraction of sp³-hybridized carbons (Fsp3) is 0.769. The van der Waals surface area contributed by atoms with Crippen LogP contribution in [0.2, 0.25) is 0 Å². The number of nitrogens with one attached hydrogen (secondary N) is 1. The predicted octanol–water partition coefficient (Wildman–Crippen LogP) is 1.82. The first kappa shape index (κ1) is 13.9. The van der Waals surface area contributed by atoms with Crippen LogP contribution in [-0.2, 0) is 4.74 Å². The molecule has 4 nitrogen and oxygen atoms in total. The Labute approximate surface area is 103 Å². The van der Waals surface area contributed by atoms with Crippen molar-refractivity contribution < 1.29 is 14.6 Å². The second-order valence-electron chi connectivity index (χ2n) is 5.60. The Hall–Kier alpha value is -1.21. The SMILES string of the molecule is C#CC1(O)CCC(NC(=O)OC(C)(C)C)CC1. The summed E-state index contributed by atoms with van der Waals surface area (Å²) in [6, 6.07) is 0.0403. The molecular weight excluding hydrogens is 218 g/mol. The fourth-order valence-electron chi connectivity index (χ4n) is 1.86. The van der Waals surface area contributed by atoms with E-state index in [4.69, 9.17) is 11.2 Å². The normalized spacial score (nSPS) is 29.2. The van der Waals surface area contributed by atoms with Gasteiger partial charge in [0, 0.05) is 6.04 Å². The molecule has 96 valence electrons. The number of ether oxygens (including phenoxy) is 1. The third kappa shape index (κ3) is 4.66. The van der Waals surface area contributed by atoms with Crippen molar-refractivity contribution in [2.75, 3.05) is 0 Å². The molecule has 0 aliphatic heterocycles. The van der Waals surface area contributed by atoms with Crippen LogP contribution in [0.25, 0.3) is 0 Å². The molecule has 0 saturated heterocycles. The summed E-state index contributed by atoms with van der Waals surface area (Å²) in [7, 11) is 0. The molecule has 4 heteroatoms. The van der Waals surface area contributed by atoms with E-state index in [9.17, 15) is 9.90 Å². The van der Waals surface area contributed by atoms with Gasteiger partial charge in [-0.05, 0) is 46.5 Å². The van der Waals surface area contributed by atoms with Crippen LogP contribution < -0.4 is 5.32 Å². The maximum absolute atomic E-state index is 11.5. The third-order valence-electron chi connectivity index (χ3n) is 2.80. The number of hydrogen-bond donors (Lipinski definition) is 2. The highest BCUT2D eigenvalue weighted by Gasteiger charge is 2.32. The van der Waals surface area contributed by atoms with Gasteiger partial charge in [-0.1, -0.05) is 5.92 Å². The average Bonchev–Trinajstić information content (AvgIpc) is 2.19. The maximum atomic E-state index is 11.5. The van der Waals surface area contributed by atoms with Crippen molar-refractivity contribution in [3.05, 3.63) is 0 Å². The smallest absolute Gasteiger partial charge is 0.407 e. The van der Waals surface area contributed by atoms with E-state index in [0.29, 0.717) is 25.7 Å². The summed E-state index contributed by atoms with van der Waals surface area (Å²) in [5.41, 5.74) is -1.48. The molecule has 1 fully saturated rings. The summed E-state index contributed by atoms with van der Waals surface area (Å²) in [5.74, 6) is 2.40. The van der Waals surface area contributed by atoms with Crippen molar-refractivity contribution >= 4 is 6.09 Å². The lowest BCUT2D eigenvalue weighted by atomic mass is 9.83. The van der Waals surface area contributed by atoms with Gasteiger partial charge in [-0.2, -0.15) is 0 Å². The molecule has 1 aliphatic rings. The van der Waals surface area contributed by atoms with Gasteiger partial charge in [0.2, 0.25) is 0 Å². The minimum atomic E-state index is -0.994. The highest BCUT2D eigenvalue weighted by atomic mass is 16.6. The summed E-state index contributed by atoms with van der Waals surface area (Å²) in [5, 5.41) is 12.6. The molecule has 1 amide bonds. The maximum Gasteiger partial charge on any atom is 0.407 e. The van der Waals surface area contributed by atoms with Crippen molar-refractivity contribution in [3.8, 4) is 12.3 Å². The number of terminal acetylenes is 1. The number of carbonyl (C=O) groups excluding carboxylic acids is 1. The second kappa shape index (κ2) is 4.97. The van der Waals surface area contributed by atoms with E-state index < -0.39 is 17.3 Å². The molecule has 17 heavy (non-hydrogen) atoms. The van der Waals surface area contributed by atoms with Crippen LogP contribution in [0.4, 0.5) is 4.79 Å². The molecule has 2 N–H and O–H groups in total. The Bertz CT molecular complexity index is 317. The zero-order chi connectivity index (χ0) is 13.1. The standard InChI is InChI=1S/C13H21NO3/c1-5-13(16)8-6-10(7-9-13)14-11(15)17-12(2,3)4/h1,10,16H,6-9H2,2-4H3,(H,14,15). The lowest BCUT2D eigenvalue weighted by Crippen LogP contribution is -2.44.